The van der Waals surface area contributed by atoms with Crippen LogP contribution in [0, 0.1) is 0 Å². The van der Waals surface area contributed by atoms with Crippen LogP contribution in [0.5, 0.6) is 0 Å². The fraction of sp³-hybridized carbons (Fsp3) is 0.138. The lowest BCUT2D eigenvalue weighted by atomic mass is 9.98. The molecule has 5 rings (SSSR count). The number of hydrogen-bond acceptors (Lipinski definition) is 5. The van der Waals surface area contributed by atoms with Crippen LogP contribution in [0.25, 0.3) is 33.9 Å². The molecule has 5 aromatic rings. The summed E-state index contributed by atoms with van der Waals surface area (Å²) >= 11 is 11.4. The van der Waals surface area contributed by atoms with E-state index in [9.17, 15) is 4.79 Å². The van der Waals surface area contributed by atoms with Crippen LogP contribution >= 0.6 is 23.8 Å². The molecular weight excluding hydrogens is 506 g/mol. The molecule has 0 fully saturated rings. The van der Waals surface area contributed by atoms with E-state index in [1.807, 2.05) is 42.5 Å². The number of nitrogens with one attached hydrogen (secondary N) is 2. The lowest BCUT2D eigenvalue weighted by Gasteiger charge is -2.09. The maximum Gasteiger partial charge on any atom is 0.293 e. The number of halogens is 1. The molecule has 0 radical (unpaired) electrons. The van der Waals surface area contributed by atoms with Gasteiger partial charge in [0, 0.05) is 21.8 Å². The molecule has 2 aromatic heterocycles. The van der Waals surface area contributed by atoms with Crippen molar-refractivity contribution in [2.75, 3.05) is 5.32 Å². The molecule has 3 aromatic carbocycles. The van der Waals surface area contributed by atoms with Gasteiger partial charge >= 0.3 is 0 Å². The van der Waals surface area contributed by atoms with Crippen molar-refractivity contribution in [1.29, 1.82) is 0 Å². The molecule has 0 bridgehead atoms. The molecule has 0 aliphatic rings. The topological polar surface area (TPSA) is 80.3 Å². The molecule has 2 N–H and O–H groups in total. The zero-order valence-corrected chi connectivity index (χ0v) is 21.8. The van der Waals surface area contributed by atoms with E-state index in [1.54, 1.807) is 24.3 Å². The predicted octanol–water partition coefficient (Wildman–Crippen LogP) is 8.05. The van der Waals surface area contributed by atoms with E-state index < -0.39 is 5.91 Å². The molecule has 1 unspecified atom stereocenters. The summed E-state index contributed by atoms with van der Waals surface area (Å²) in [5.41, 5.74) is 5.05. The van der Waals surface area contributed by atoms with Crippen LogP contribution in [0.1, 0.15) is 42.3 Å². The van der Waals surface area contributed by atoms with Gasteiger partial charge in [-0.25, -0.2) is 4.98 Å². The number of furan rings is 1. The molecule has 37 heavy (non-hydrogen) atoms. The van der Waals surface area contributed by atoms with Crippen LogP contribution in [0.3, 0.4) is 0 Å². The van der Waals surface area contributed by atoms with Gasteiger partial charge in [0.2, 0.25) is 5.89 Å². The normalized spacial score (nSPS) is 11.9. The lowest BCUT2D eigenvalue weighted by molar-refractivity contribution is 0.0951. The first-order chi connectivity index (χ1) is 17.9. The van der Waals surface area contributed by atoms with Crippen molar-refractivity contribution >= 4 is 51.6 Å². The van der Waals surface area contributed by atoms with E-state index >= 15 is 0 Å². The highest BCUT2D eigenvalue weighted by molar-refractivity contribution is 7.80. The molecule has 0 saturated carbocycles. The summed E-state index contributed by atoms with van der Waals surface area (Å²) in [5.74, 6) is 1.18. The molecule has 0 aliphatic carbocycles. The van der Waals surface area contributed by atoms with E-state index in [0.29, 0.717) is 28.3 Å². The Labute approximate surface area is 224 Å². The van der Waals surface area contributed by atoms with Crippen LogP contribution in [0.4, 0.5) is 5.69 Å². The summed E-state index contributed by atoms with van der Waals surface area (Å²) in [4.78, 5) is 17.3. The highest BCUT2D eigenvalue weighted by Gasteiger charge is 2.15. The summed E-state index contributed by atoms with van der Waals surface area (Å²) < 4.78 is 11.7. The van der Waals surface area contributed by atoms with Crippen molar-refractivity contribution in [3.05, 3.63) is 95.2 Å². The van der Waals surface area contributed by atoms with Gasteiger partial charge in [-0.3, -0.25) is 10.1 Å². The Bertz CT molecular complexity index is 1610. The molecule has 2 heterocycles. The lowest BCUT2D eigenvalue weighted by Crippen LogP contribution is -2.33. The highest BCUT2D eigenvalue weighted by Crippen LogP contribution is 2.29. The average Bonchev–Trinajstić information content (AvgIpc) is 3.56. The predicted molar refractivity (Wildman–Crippen MR) is 151 cm³/mol. The van der Waals surface area contributed by atoms with Crippen molar-refractivity contribution in [2.24, 2.45) is 0 Å². The Morgan fingerprint density at radius 2 is 1.81 bits per heavy atom. The first-order valence-corrected chi connectivity index (χ1v) is 12.7. The number of hydrogen-bond donors (Lipinski definition) is 2. The molecule has 8 heteroatoms. The molecule has 1 amide bonds. The van der Waals surface area contributed by atoms with Crippen LogP contribution in [-0.4, -0.2) is 16.0 Å². The fourth-order valence-corrected chi connectivity index (χ4v) is 4.32. The number of amides is 1. The molecule has 0 spiro atoms. The third-order valence-corrected chi connectivity index (χ3v) is 6.57. The van der Waals surface area contributed by atoms with E-state index in [2.05, 4.69) is 41.6 Å². The molecule has 1 atom stereocenters. The summed E-state index contributed by atoms with van der Waals surface area (Å²) in [6, 6.07) is 24.1. The van der Waals surface area contributed by atoms with Gasteiger partial charge in [0.1, 0.15) is 11.3 Å². The highest BCUT2D eigenvalue weighted by atomic mass is 35.5. The van der Waals surface area contributed by atoms with Crippen molar-refractivity contribution < 1.29 is 13.6 Å². The van der Waals surface area contributed by atoms with Crippen LogP contribution in [-0.2, 0) is 0 Å². The van der Waals surface area contributed by atoms with E-state index in [-0.39, 0.29) is 10.9 Å². The number of thiocarbonyl (C=S) groups is 1. The third kappa shape index (κ3) is 5.58. The van der Waals surface area contributed by atoms with Crippen molar-refractivity contribution in [1.82, 2.24) is 10.3 Å². The Kier molecular flexibility index (Phi) is 7.08. The van der Waals surface area contributed by atoms with Gasteiger partial charge in [-0.2, -0.15) is 0 Å². The minimum atomic E-state index is -0.460. The van der Waals surface area contributed by atoms with E-state index in [1.165, 1.54) is 5.56 Å². The third-order valence-electron chi connectivity index (χ3n) is 6.13. The second kappa shape index (κ2) is 10.6. The van der Waals surface area contributed by atoms with Crippen molar-refractivity contribution in [2.45, 2.75) is 26.2 Å². The van der Waals surface area contributed by atoms with Gasteiger partial charge in [0.25, 0.3) is 5.91 Å². The quantitative estimate of drug-likeness (QED) is 0.217. The van der Waals surface area contributed by atoms with Gasteiger partial charge in [-0.15, -0.1) is 0 Å². The Morgan fingerprint density at radius 1 is 1.00 bits per heavy atom. The first-order valence-electron chi connectivity index (χ1n) is 11.9. The van der Waals surface area contributed by atoms with Gasteiger partial charge in [-0.1, -0.05) is 49.7 Å². The van der Waals surface area contributed by atoms with Crippen LogP contribution < -0.4 is 10.6 Å². The number of carbonyl (C=O) groups is 1. The zero-order chi connectivity index (χ0) is 25.9. The Balaban J connectivity index is 1.27. The number of nitrogens with zero attached hydrogens (tertiary/aromatic N) is 1. The Morgan fingerprint density at radius 3 is 2.62 bits per heavy atom. The average molecular weight is 530 g/mol. The SMILES string of the molecule is CCC(C)c1ccc2oc(-c3cccc(NC(=S)NC(=O)c4ccc(-c5cccc(Cl)c5)o4)c3)nc2c1. The van der Waals surface area contributed by atoms with E-state index in [0.717, 1.165) is 28.6 Å². The molecule has 0 saturated heterocycles. The number of carbonyl (C=O) groups excluding carboxylic acids is 1. The Hall–Kier alpha value is -3.94. The number of aromatic nitrogens is 1. The van der Waals surface area contributed by atoms with Crippen LogP contribution in [0.15, 0.2) is 87.7 Å². The standard InChI is InChI=1S/C29H24ClN3O3S/c1-3-17(2)18-10-11-25-23(16-18)32-28(36-25)20-7-5-9-22(15-20)31-29(37)33-27(34)26-13-12-24(35-26)19-6-4-8-21(30)14-19/h4-17H,3H2,1-2H3,(H2,31,33,34,37). The minimum absolute atomic E-state index is 0.135. The number of rotatable bonds is 6. The zero-order valence-electron chi connectivity index (χ0n) is 20.2. The molecule has 0 aliphatic heterocycles. The molecule has 6 nitrogen and oxygen atoms in total. The van der Waals surface area contributed by atoms with Crippen LogP contribution in [0.2, 0.25) is 5.02 Å². The van der Waals surface area contributed by atoms with E-state index in [4.69, 9.17) is 32.7 Å². The molecule has 186 valence electrons. The maximum atomic E-state index is 12.7. The second-order valence-corrected chi connectivity index (χ2v) is 9.56. The number of benzene rings is 3. The van der Waals surface area contributed by atoms with Gasteiger partial charge < -0.3 is 14.2 Å². The summed E-state index contributed by atoms with van der Waals surface area (Å²) in [6.45, 7) is 4.37. The first kappa shape index (κ1) is 24.7. The van der Waals surface area contributed by atoms with Gasteiger partial charge in [0.05, 0.1) is 0 Å². The maximum absolute atomic E-state index is 12.7. The fourth-order valence-electron chi connectivity index (χ4n) is 3.92. The number of oxazole rings is 1. The van der Waals surface area contributed by atoms with Crippen molar-refractivity contribution in [3.8, 4) is 22.8 Å². The van der Waals surface area contributed by atoms with Gasteiger partial charge in [0.15, 0.2) is 16.5 Å². The number of anilines is 1. The summed E-state index contributed by atoms with van der Waals surface area (Å²) in [6.07, 6.45) is 1.06. The summed E-state index contributed by atoms with van der Waals surface area (Å²) in [7, 11) is 0. The van der Waals surface area contributed by atoms with Gasteiger partial charge in [-0.05, 0) is 84.7 Å². The number of fused-ring (bicyclic) bond motifs is 1. The minimum Gasteiger partial charge on any atom is -0.451 e. The monoisotopic (exact) mass is 529 g/mol. The molecular formula is C29H24ClN3O3S. The second-order valence-electron chi connectivity index (χ2n) is 8.72. The van der Waals surface area contributed by atoms with Crippen molar-refractivity contribution in [3.63, 3.8) is 0 Å². The smallest absolute Gasteiger partial charge is 0.293 e. The largest absolute Gasteiger partial charge is 0.451 e. The summed E-state index contributed by atoms with van der Waals surface area (Å²) in [5, 5.41) is 6.40.